The van der Waals surface area contributed by atoms with Crippen LogP contribution in [-0.4, -0.2) is 65.6 Å². The Morgan fingerprint density at radius 2 is 1.53 bits per heavy atom. The van der Waals surface area contributed by atoms with Crippen molar-refractivity contribution in [1.29, 1.82) is 0 Å². The summed E-state index contributed by atoms with van der Waals surface area (Å²) in [6.07, 6.45) is 0.193. The molecule has 2 amide bonds. The highest BCUT2D eigenvalue weighted by atomic mass is 35.5. The smallest absolute Gasteiger partial charge is 0.264 e. The van der Waals surface area contributed by atoms with E-state index in [2.05, 4.69) is 5.32 Å². The van der Waals surface area contributed by atoms with Crippen molar-refractivity contribution in [3.05, 3.63) is 113 Å². The van der Waals surface area contributed by atoms with E-state index in [0.29, 0.717) is 28.7 Å². The summed E-state index contributed by atoms with van der Waals surface area (Å²) in [5.41, 5.74) is 1.72. The van der Waals surface area contributed by atoms with Crippen molar-refractivity contribution < 1.29 is 32.2 Å². The van der Waals surface area contributed by atoms with Crippen LogP contribution in [0.2, 0.25) is 5.02 Å². The van der Waals surface area contributed by atoms with Gasteiger partial charge in [0.2, 0.25) is 11.8 Å². The summed E-state index contributed by atoms with van der Waals surface area (Å²) in [7, 11) is -0.0191. The Kier molecular flexibility index (Phi) is 12.1. The predicted molar refractivity (Wildman–Crippen MR) is 182 cm³/mol. The predicted octanol–water partition coefficient (Wildman–Crippen LogP) is 5.34. The molecule has 12 heteroatoms. The van der Waals surface area contributed by atoms with Crippen molar-refractivity contribution in [1.82, 2.24) is 10.2 Å². The average molecular weight is 680 g/mol. The lowest BCUT2D eigenvalue weighted by Crippen LogP contribution is -2.53. The van der Waals surface area contributed by atoms with Gasteiger partial charge in [-0.3, -0.25) is 13.9 Å². The molecule has 0 aromatic heterocycles. The van der Waals surface area contributed by atoms with Gasteiger partial charge in [-0.2, -0.15) is 0 Å². The summed E-state index contributed by atoms with van der Waals surface area (Å²) in [5, 5.41) is 3.13. The van der Waals surface area contributed by atoms with Crippen LogP contribution in [0.15, 0.2) is 102 Å². The Morgan fingerprint density at radius 3 is 2.15 bits per heavy atom. The summed E-state index contributed by atoms with van der Waals surface area (Å²) in [4.78, 5) is 29.2. The van der Waals surface area contributed by atoms with Crippen molar-refractivity contribution >= 4 is 39.1 Å². The van der Waals surface area contributed by atoms with Crippen molar-refractivity contribution in [2.24, 2.45) is 0 Å². The van der Waals surface area contributed by atoms with E-state index in [1.54, 1.807) is 48.5 Å². The number of nitrogens with one attached hydrogen (secondary N) is 1. The lowest BCUT2D eigenvalue weighted by molar-refractivity contribution is -0.139. The minimum Gasteiger partial charge on any atom is -0.494 e. The Hall–Kier alpha value is -4.74. The molecule has 0 saturated heterocycles. The molecule has 10 nitrogen and oxygen atoms in total. The fourth-order valence-electron chi connectivity index (χ4n) is 5.06. The highest BCUT2D eigenvalue weighted by Crippen LogP contribution is 2.33. The first-order valence-corrected chi connectivity index (χ1v) is 16.7. The van der Waals surface area contributed by atoms with Crippen LogP contribution in [0.25, 0.3) is 0 Å². The van der Waals surface area contributed by atoms with Gasteiger partial charge in [-0.15, -0.1) is 0 Å². The molecule has 1 atom stereocenters. The number of halogens is 1. The van der Waals surface area contributed by atoms with Gasteiger partial charge in [-0.05, 0) is 66.6 Å². The van der Waals surface area contributed by atoms with Crippen LogP contribution in [-0.2, 0) is 32.6 Å². The van der Waals surface area contributed by atoms with Crippen LogP contribution >= 0.6 is 11.6 Å². The SMILES string of the molecule is CCOc1ccc(N(CC(=O)N(Cc2cccc(Cl)c2)C(Cc2ccccc2)C(=O)NC)S(=O)(=O)c2ccc(OC)c(OC)c2)cc1. The topological polar surface area (TPSA) is 114 Å². The summed E-state index contributed by atoms with van der Waals surface area (Å²) >= 11 is 6.28. The van der Waals surface area contributed by atoms with Crippen LogP contribution in [0.1, 0.15) is 18.1 Å². The third-order valence-electron chi connectivity index (χ3n) is 7.42. The van der Waals surface area contributed by atoms with E-state index in [1.165, 1.54) is 44.4 Å². The number of methoxy groups -OCH3 is 2. The zero-order chi connectivity index (χ0) is 34.0. The van der Waals surface area contributed by atoms with E-state index in [-0.39, 0.29) is 29.3 Å². The molecule has 0 aliphatic carbocycles. The fraction of sp³-hybridized carbons (Fsp3) is 0.257. The number of hydrogen-bond acceptors (Lipinski definition) is 7. The lowest BCUT2D eigenvalue weighted by Gasteiger charge is -2.33. The van der Waals surface area contributed by atoms with Gasteiger partial charge in [0, 0.05) is 31.1 Å². The van der Waals surface area contributed by atoms with Gasteiger partial charge in [0.25, 0.3) is 10.0 Å². The Labute approximate surface area is 280 Å². The first-order chi connectivity index (χ1) is 22.6. The lowest BCUT2D eigenvalue weighted by atomic mass is 10.0. The third kappa shape index (κ3) is 8.75. The fourth-order valence-corrected chi connectivity index (χ4v) is 6.70. The highest BCUT2D eigenvalue weighted by molar-refractivity contribution is 7.92. The molecule has 0 aliphatic rings. The van der Waals surface area contributed by atoms with Crippen LogP contribution in [0.4, 0.5) is 5.69 Å². The number of carbonyl (C=O) groups is 2. The molecule has 0 aliphatic heterocycles. The van der Waals surface area contributed by atoms with Crippen LogP contribution in [0.5, 0.6) is 17.2 Å². The Bertz CT molecular complexity index is 1770. The molecular weight excluding hydrogens is 642 g/mol. The second kappa shape index (κ2) is 16.2. The first kappa shape index (κ1) is 35.1. The number of hydrogen-bond donors (Lipinski definition) is 1. The standard InChI is InChI=1S/C35H38ClN3O7S/c1-5-46-29-16-14-28(15-17-29)39(47(42,43)30-18-19-32(44-3)33(22-30)45-4)24-34(40)38(23-26-12-9-13-27(36)20-26)31(35(41)37-2)21-25-10-7-6-8-11-25/h6-20,22,31H,5,21,23-24H2,1-4H3,(H,37,41). The zero-order valence-corrected chi connectivity index (χ0v) is 28.3. The van der Waals surface area contributed by atoms with E-state index in [4.69, 9.17) is 25.8 Å². The van der Waals surface area contributed by atoms with Crippen molar-refractivity contribution in [3.8, 4) is 17.2 Å². The average Bonchev–Trinajstić information content (AvgIpc) is 3.08. The van der Waals surface area contributed by atoms with E-state index >= 15 is 0 Å². The molecule has 4 aromatic rings. The molecule has 1 unspecified atom stereocenters. The number of amides is 2. The maximum Gasteiger partial charge on any atom is 0.264 e. The molecule has 0 heterocycles. The molecule has 47 heavy (non-hydrogen) atoms. The minimum atomic E-state index is -4.37. The number of likely N-dealkylation sites (N-methyl/N-ethyl adjacent to an activating group) is 1. The summed E-state index contributed by atoms with van der Waals surface area (Å²) < 4.78 is 45.9. The van der Waals surface area contributed by atoms with Crippen molar-refractivity contribution in [2.75, 3.05) is 38.7 Å². The molecule has 0 radical (unpaired) electrons. The quantitative estimate of drug-likeness (QED) is 0.181. The highest BCUT2D eigenvalue weighted by Gasteiger charge is 2.34. The van der Waals surface area contributed by atoms with Crippen molar-refractivity contribution in [2.45, 2.75) is 30.8 Å². The van der Waals surface area contributed by atoms with Gasteiger partial charge in [0.05, 0.1) is 31.4 Å². The first-order valence-electron chi connectivity index (χ1n) is 14.9. The maximum atomic E-state index is 14.5. The van der Waals surface area contributed by atoms with Gasteiger partial charge in [0.15, 0.2) is 11.5 Å². The number of sulfonamides is 1. The van der Waals surface area contributed by atoms with Gasteiger partial charge in [-0.25, -0.2) is 8.42 Å². The zero-order valence-electron chi connectivity index (χ0n) is 26.7. The summed E-state index contributed by atoms with van der Waals surface area (Å²) in [6, 6.07) is 25.9. The molecule has 0 fully saturated rings. The van der Waals surface area contributed by atoms with E-state index in [0.717, 1.165) is 9.87 Å². The van der Waals surface area contributed by atoms with Crippen LogP contribution < -0.4 is 23.8 Å². The van der Waals surface area contributed by atoms with Crippen LogP contribution in [0.3, 0.4) is 0 Å². The molecule has 0 bridgehead atoms. The molecule has 248 valence electrons. The van der Waals surface area contributed by atoms with E-state index in [1.807, 2.05) is 37.3 Å². The number of ether oxygens (including phenoxy) is 3. The summed E-state index contributed by atoms with van der Waals surface area (Å²) in [6.45, 7) is 1.64. The van der Waals surface area contributed by atoms with Crippen molar-refractivity contribution in [3.63, 3.8) is 0 Å². The molecule has 1 N–H and O–H groups in total. The third-order valence-corrected chi connectivity index (χ3v) is 9.42. The Balaban J connectivity index is 1.82. The number of anilines is 1. The Morgan fingerprint density at radius 1 is 0.851 bits per heavy atom. The normalized spacial score (nSPS) is 11.7. The van der Waals surface area contributed by atoms with Gasteiger partial charge in [0.1, 0.15) is 18.3 Å². The molecule has 4 aromatic carbocycles. The van der Waals surface area contributed by atoms with Crippen LogP contribution in [0, 0.1) is 0 Å². The van der Waals surface area contributed by atoms with Gasteiger partial charge >= 0.3 is 0 Å². The molecule has 0 spiro atoms. The molecular formula is C35H38ClN3O7S. The second-order valence-corrected chi connectivity index (χ2v) is 12.7. The molecule has 0 saturated carbocycles. The maximum absolute atomic E-state index is 14.5. The largest absolute Gasteiger partial charge is 0.494 e. The van der Waals surface area contributed by atoms with E-state index in [9.17, 15) is 18.0 Å². The monoisotopic (exact) mass is 679 g/mol. The number of nitrogens with zero attached hydrogens (tertiary/aromatic N) is 2. The number of carbonyl (C=O) groups excluding carboxylic acids is 2. The second-order valence-electron chi connectivity index (χ2n) is 10.4. The number of rotatable bonds is 15. The van der Waals surface area contributed by atoms with E-state index < -0.39 is 34.4 Å². The number of benzene rings is 4. The van der Waals surface area contributed by atoms with Gasteiger partial charge < -0.3 is 24.4 Å². The molecule has 4 rings (SSSR count). The van der Waals surface area contributed by atoms with Gasteiger partial charge in [-0.1, -0.05) is 54.1 Å². The minimum absolute atomic E-state index is 0.00215. The summed E-state index contributed by atoms with van der Waals surface area (Å²) in [5.74, 6) is 0.0806.